The molecule has 1 aromatic carbocycles. The molecule has 1 heterocycles. The standard InChI is InChI=1S/C13H14N4O2S/c1-11(10-17-7-3-6-15-17)16-20(18,19)13-5-2-4-12(8-13)9-14/h2-8,11,16H,10H2,1H3. The minimum absolute atomic E-state index is 0.0869. The number of sulfonamides is 1. The largest absolute Gasteiger partial charge is 0.271 e. The van der Waals surface area contributed by atoms with Crippen LogP contribution in [0.4, 0.5) is 0 Å². The zero-order chi connectivity index (χ0) is 14.6. The average molecular weight is 290 g/mol. The summed E-state index contributed by atoms with van der Waals surface area (Å²) < 4.78 is 28.6. The van der Waals surface area contributed by atoms with Crippen LogP contribution in [0.3, 0.4) is 0 Å². The topological polar surface area (TPSA) is 87.8 Å². The summed E-state index contributed by atoms with van der Waals surface area (Å²) in [7, 11) is -3.64. The molecule has 0 spiro atoms. The van der Waals surface area contributed by atoms with Crippen LogP contribution in [0.15, 0.2) is 47.6 Å². The number of benzene rings is 1. The summed E-state index contributed by atoms with van der Waals surface area (Å²) in [4.78, 5) is 0.0869. The third kappa shape index (κ3) is 3.44. The zero-order valence-corrected chi connectivity index (χ0v) is 11.7. The van der Waals surface area contributed by atoms with Crippen molar-refractivity contribution in [2.45, 2.75) is 24.4 Å². The lowest BCUT2D eigenvalue weighted by Crippen LogP contribution is -2.35. The normalized spacial score (nSPS) is 12.8. The third-order valence-corrected chi connectivity index (χ3v) is 4.24. The summed E-state index contributed by atoms with van der Waals surface area (Å²) >= 11 is 0. The van der Waals surface area contributed by atoms with E-state index in [4.69, 9.17) is 5.26 Å². The minimum atomic E-state index is -3.64. The molecule has 0 radical (unpaired) electrons. The van der Waals surface area contributed by atoms with Crippen molar-refractivity contribution in [2.24, 2.45) is 0 Å². The van der Waals surface area contributed by atoms with E-state index >= 15 is 0 Å². The molecule has 0 aliphatic rings. The highest BCUT2D eigenvalue weighted by Crippen LogP contribution is 2.11. The summed E-state index contributed by atoms with van der Waals surface area (Å²) in [6.45, 7) is 2.19. The molecule has 2 rings (SSSR count). The summed E-state index contributed by atoms with van der Waals surface area (Å²) in [5.41, 5.74) is 0.313. The van der Waals surface area contributed by atoms with Crippen molar-refractivity contribution in [3.8, 4) is 6.07 Å². The Hall–Kier alpha value is -2.17. The molecule has 6 nitrogen and oxygen atoms in total. The molecule has 2 aromatic rings. The molecule has 0 fully saturated rings. The van der Waals surface area contributed by atoms with E-state index in [1.165, 1.54) is 12.1 Å². The van der Waals surface area contributed by atoms with Crippen LogP contribution in [0, 0.1) is 11.3 Å². The second-order valence-corrected chi connectivity index (χ2v) is 6.10. The second kappa shape index (κ2) is 5.86. The maximum absolute atomic E-state index is 12.2. The summed E-state index contributed by atoms with van der Waals surface area (Å²) in [6, 6.07) is 9.30. The number of aromatic nitrogens is 2. The maximum atomic E-state index is 12.2. The Morgan fingerprint density at radius 3 is 2.90 bits per heavy atom. The Labute approximate surface area is 117 Å². The van der Waals surface area contributed by atoms with Gasteiger partial charge in [-0.05, 0) is 31.2 Å². The van der Waals surface area contributed by atoms with Crippen LogP contribution in [0.1, 0.15) is 12.5 Å². The van der Waals surface area contributed by atoms with Crippen LogP contribution in [-0.4, -0.2) is 24.2 Å². The number of hydrogen-bond donors (Lipinski definition) is 1. The summed E-state index contributed by atoms with van der Waals surface area (Å²) in [5, 5.41) is 12.8. The van der Waals surface area contributed by atoms with Gasteiger partial charge in [0, 0.05) is 18.4 Å². The lowest BCUT2D eigenvalue weighted by Gasteiger charge is -2.14. The minimum Gasteiger partial charge on any atom is -0.271 e. The molecule has 1 aromatic heterocycles. The van der Waals surface area contributed by atoms with Crippen molar-refractivity contribution in [1.82, 2.24) is 14.5 Å². The van der Waals surface area contributed by atoms with Crippen LogP contribution >= 0.6 is 0 Å². The smallest absolute Gasteiger partial charge is 0.240 e. The highest BCUT2D eigenvalue weighted by atomic mass is 32.2. The molecule has 1 atom stereocenters. The van der Waals surface area contributed by atoms with Crippen LogP contribution in [0.5, 0.6) is 0 Å². The van der Waals surface area contributed by atoms with E-state index in [1.807, 2.05) is 6.07 Å². The number of nitrogens with zero attached hydrogens (tertiary/aromatic N) is 3. The summed E-state index contributed by atoms with van der Waals surface area (Å²) in [5.74, 6) is 0. The summed E-state index contributed by atoms with van der Waals surface area (Å²) in [6.07, 6.45) is 3.40. The molecule has 20 heavy (non-hydrogen) atoms. The SMILES string of the molecule is CC(Cn1cccn1)NS(=O)(=O)c1cccc(C#N)c1. The van der Waals surface area contributed by atoms with E-state index in [1.54, 1.807) is 42.2 Å². The van der Waals surface area contributed by atoms with Gasteiger partial charge in [-0.1, -0.05) is 6.07 Å². The molecule has 0 aliphatic heterocycles. The molecule has 1 unspecified atom stereocenters. The predicted octanol–water partition coefficient (Wildman–Crippen LogP) is 1.12. The highest BCUT2D eigenvalue weighted by molar-refractivity contribution is 7.89. The van der Waals surface area contributed by atoms with Crippen LogP contribution in [0.25, 0.3) is 0 Å². The lowest BCUT2D eigenvalue weighted by molar-refractivity contribution is 0.494. The molecule has 0 saturated carbocycles. The fourth-order valence-corrected chi connectivity index (χ4v) is 3.07. The monoisotopic (exact) mass is 290 g/mol. The average Bonchev–Trinajstić information content (AvgIpc) is 2.91. The first-order valence-corrected chi connectivity index (χ1v) is 7.49. The fourth-order valence-electron chi connectivity index (χ4n) is 1.79. The Kier molecular flexibility index (Phi) is 4.17. The Balaban J connectivity index is 2.12. The van der Waals surface area contributed by atoms with Crippen molar-refractivity contribution in [3.63, 3.8) is 0 Å². The van der Waals surface area contributed by atoms with Gasteiger partial charge >= 0.3 is 0 Å². The van der Waals surface area contributed by atoms with Crippen LogP contribution in [0.2, 0.25) is 0 Å². The first kappa shape index (κ1) is 14.2. The number of hydrogen-bond acceptors (Lipinski definition) is 4. The van der Waals surface area contributed by atoms with Crippen molar-refractivity contribution in [3.05, 3.63) is 48.3 Å². The van der Waals surface area contributed by atoms with E-state index < -0.39 is 10.0 Å². The molecule has 1 N–H and O–H groups in total. The van der Waals surface area contributed by atoms with Gasteiger partial charge in [0.15, 0.2) is 0 Å². The molecule has 7 heteroatoms. The Morgan fingerprint density at radius 2 is 2.25 bits per heavy atom. The number of nitrogens with one attached hydrogen (secondary N) is 1. The van der Waals surface area contributed by atoms with E-state index in [0.717, 1.165) is 0 Å². The van der Waals surface area contributed by atoms with Gasteiger partial charge in [0.05, 0.1) is 23.1 Å². The predicted molar refractivity (Wildman–Crippen MR) is 73.2 cm³/mol. The number of nitriles is 1. The van der Waals surface area contributed by atoms with Crippen LogP contribution < -0.4 is 4.72 Å². The van der Waals surface area contributed by atoms with Gasteiger partial charge in [-0.15, -0.1) is 0 Å². The van der Waals surface area contributed by atoms with Crippen molar-refractivity contribution < 1.29 is 8.42 Å². The van der Waals surface area contributed by atoms with E-state index in [2.05, 4.69) is 9.82 Å². The van der Waals surface area contributed by atoms with E-state index in [9.17, 15) is 8.42 Å². The molecule has 0 aliphatic carbocycles. The van der Waals surface area contributed by atoms with Gasteiger partial charge in [-0.3, -0.25) is 4.68 Å². The zero-order valence-electron chi connectivity index (χ0n) is 10.9. The maximum Gasteiger partial charge on any atom is 0.240 e. The van der Waals surface area contributed by atoms with Gasteiger partial charge < -0.3 is 0 Å². The second-order valence-electron chi connectivity index (χ2n) is 4.39. The Morgan fingerprint density at radius 1 is 1.45 bits per heavy atom. The molecule has 0 amide bonds. The molecule has 104 valence electrons. The first-order chi connectivity index (χ1) is 9.51. The molecular formula is C13H14N4O2S. The van der Waals surface area contributed by atoms with E-state index in [0.29, 0.717) is 12.1 Å². The van der Waals surface area contributed by atoms with Gasteiger partial charge in [0.1, 0.15) is 0 Å². The van der Waals surface area contributed by atoms with Gasteiger partial charge in [0.25, 0.3) is 0 Å². The quantitative estimate of drug-likeness (QED) is 0.894. The fraction of sp³-hybridized carbons (Fsp3) is 0.231. The molecular weight excluding hydrogens is 276 g/mol. The lowest BCUT2D eigenvalue weighted by atomic mass is 10.2. The van der Waals surface area contributed by atoms with Gasteiger partial charge in [0.2, 0.25) is 10.0 Å². The Bertz CT molecular complexity index is 717. The van der Waals surface area contributed by atoms with Crippen LogP contribution in [-0.2, 0) is 16.6 Å². The number of rotatable bonds is 5. The molecule has 0 bridgehead atoms. The van der Waals surface area contributed by atoms with Crippen molar-refractivity contribution in [1.29, 1.82) is 5.26 Å². The third-order valence-electron chi connectivity index (χ3n) is 2.65. The molecule has 0 saturated heterocycles. The van der Waals surface area contributed by atoms with E-state index in [-0.39, 0.29) is 10.9 Å². The van der Waals surface area contributed by atoms with Crippen molar-refractivity contribution >= 4 is 10.0 Å². The highest BCUT2D eigenvalue weighted by Gasteiger charge is 2.18. The van der Waals surface area contributed by atoms with Crippen molar-refractivity contribution in [2.75, 3.05) is 0 Å². The first-order valence-electron chi connectivity index (χ1n) is 6.01. The van der Waals surface area contributed by atoms with Gasteiger partial charge in [-0.2, -0.15) is 10.4 Å². The van der Waals surface area contributed by atoms with Gasteiger partial charge in [-0.25, -0.2) is 13.1 Å².